The summed E-state index contributed by atoms with van der Waals surface area (Å²) in [5.41, 5.74) is 3.92. The van der Waals surface area contributed by atoms with Crippen LogP contribution >= 0.6 is 11.6 Å². The van der Waals surface area contributed by atoms with Gasteiger partial charge in [0.1, 0.15) is 11.5 Å². The number of pyridine rings is 1. The van der Waals surface area contributed by atoms with Gasteiger partial charge in [0.2, 0.25) is 0 Å². The summed E-state index contributed by atoms with van der Waals surface area (Å²) in [6.45, 7) is 4.13. The number of nitrogens with zero attached hydrogens (tertiary/aromatic N) is 2. The number of aliphatic imine (C=N–C) groups is 1. The van der Waals surface area contributed by atoms with E-state index in [0.717, 1.165) is 41.6 Å². The number of rotatable bonds is 3. The lowest BCUT2D eigenvalue weighted by atomic mass is 9.96. The highest BCUT2D eigenvalue weighted by Gasteiger charge is 2.16. The zero-order valence-electron chi connectivity index (χ0n) is 11.7. The first-order valence-electron chi connectivity index (χ1n) is 6.73. The number of aromatic nitrogens is 1. The Labute approximate surface area is 124 Å². The fourth-order valence-electron chi connectivity index (χ4n) is 2.32. The Hall–Kier alpha value is -1.74. The molecule has 1 aliphatic rings. The molecule has 1 unspecified atom stereocenters. The zero-order valence-corrected chi connectivity index (χ0v) is 12.5. The van der Waals surface area contributed by atoms with Gasteiger partial charge in [-0.2, -0.15) is 0 Å². The number of halogens is 1. The number of aryl methyl sites for hydroxylation is 1. The molecule has 104 valence electrons. The lowest BCUT2D eigenvalue weighted by Crippen LogP contribution is -2.10. The van der Waals surface area contributed by atoms with Gasteiger partial charge in [0, 0.05) is 23.4 Å². The molecule has 2 rings (SSSR count). The lowest BCUT2D eigenvalue weighted by Gasteiger charge is -2.11. The zero-order chi connectivity index (χ0) is 14.5. The highest BCUT2D eigenvalue weighted by molar-refractivity contribution is 6.31. The molecule has 1 aromatic rings. The van der Waals surface area contributed by atoms with Gasteiger partial charge in [-0.25, -0.2) is 9.98 Å². The minimum absolute atomic E-state index is 0.349. The standard InChI is InChI=1S/C16H18ClN3/c1-3-12-5-4-6-13(8-15(12)20-10-18)14-7-11(2)9-19-16(14)17/h4,6-10,12,18H,3,5H2,1-2H3. The van der Waals surface area contributed by atoms with Crippen LogP contribution < -0.4 is 0 Å². The van der Waals surface area contributed by atoms with Crippen molar-refractivity contribution in [2.24, 2.45) is 10.9 Å². The molecule has 3 nitrogen and oxygen atoms in total. The third kappa shape index (κ3) is 3.23. The largest absolute Gasteiger partial charge is 0.290 e. The van der Waals surface area contributed by atoms with Gasteiger partial charge < -0.3 is 0 Å². The summed E-state index contributed by atoms with van der Waals surface area (Å²) in [4.78, 5) is 8.40. The predicted molar refractivity (Wildman–Crippen MR) is 85.7 cm³/mol. The van der Waals surface area contributed by atoms with Crippen molar-refractivity contribution >= 4 is 29.2 Å². The van der Waals surface area contributed by atoms with Crippen molar-refractivity contribution in [1.29, 1.82) is 5.41 Å². The van der Waals surface area contributed by atoms with Crippen molar-refractivity contribution in [3.05, 3.63) is 46.8 Å². The van der Waals surface area contributed by atoms with Crippen LogP contribution in [-0.4, -0.2) is 17.0 Å². The van der Waals surface area contributed by atoms with E-state index in [1.807, 2.05) is 19.1 Å². The minimum atomic E-state index is 0.349. The van der Waals surface area contributed by atoms with Gasteiger partial charge in [-0.3, -0.25) is 5.41 Å². The van der Waals surface area contributed by atoms with Gasteiger partial charge in [0.25, 0.3) is 0 Å². The number of allylic oxidation sites excluding steroid dienone is 4. The third-order valence-electron chi connectivity index (χ3n) is 3.43. The number of hydrogen-bond donors (Lipinski definition) is 1. The monoisotopic (exact) mass is 287 g/mol. The van der Waals surface area contributed by atoms with Crippen LogP contribution in [0, 0.1) is 18.3 Å². The normalized spacial score (nSPS) is 20.6. The van der Waals surface area contributed by atoms with E-state index in [-0.39, 0.29) is 0 Å². The van der Waals surface area contributed by atoms with Gasteiger partial charge in [0.15, 0.2) is 0 Å². The van der Waals surface area contributed by atoms with Crippen LogP contribution in [0.15, 0.2) is 35.5 Å². The average molecular weight is 288 g/mol. The van der Waals surface area contributed by atoms with Crippen molar-refractivity contribution in [2.75, 3.05) is 0 Å². The van der Waals surface area contributed by atoms with E-state index in [4.69, 9.17) is 17.0 Å². The molecule has 1 aromatic heterocycles. The molecule has 0 spiro atoms. The van der Waals surface area contributed by atoms with Crippen molar-refractivity contribution in [2.45, 2.75) is 26.7 Å². The van der Waals surface area contributed by atoms with E-state index >= 15 is 0 Å². The summed E-state index contributed by atoms with van der Waals surface area (Å²) in [7, 11) is 0. The van der Waals surface area contributed by atoms with Crippen LogP contribution in [0.4, 0.5) is 0 Å². The molecule has 0 saturated carbocycles. The van der Waals surface area contributed by atoms with Crippen molar-refractivity contribution < 1.29 is 0 Å². The molecule has 1 N–H and O–H groups in total. The molecule has 0 radical (unpaired) electrons. The second kappa shape index (κ2) is 6.62. The Morgan fingerprint density at radius 2 is 2.35 bits per heavy atom. The molecule has 4 heteroatoms. The quantitative estimate of drug-likeness (QED) is 0.498. The molecule has 0 aromatic carbocycles. The smallest absolute Gasteiger partial charge is 0.136 e. The molecule has 0 amide bonds. The van der Waals surface area contributed by atoms with Crippen molar-refractivity contribution in [3.63, 3.8) is 0 Å². The van der Waals surface area contributed by atoms with E-state index in [9.17, 15) is 0 Å². The Bertz CT molecular complexity index is 600. The van der Waals surface area contributed by atoms with Crippen LogP contribution in [-0.2, 0) is 0 Å². The summed E-state index contributed by atoms with van der Waals surface area (Å²) in [5.74, 6) is 0.349. The highest BCUT2D eigenvalue weighted by Crippen LogP contribution is 2.28. The first-order chi connectivity index (χ1) is 9.65. The molecular weight excluding hydrogens is 270 g/mol. The summed E-state index contributed by atoms with van der Waals surface area (Å²) in [6, 6.07) is 2.03. The summed E-state index contributed by atoms with van der Waals surface area (Å²) in [5, 5.41) is 7.72. The molecular formula is C16H18ClN3. The predicted octanol–water partition coefficient (Wildman–Crippen LogP) is 4.46. The van der Waals surface area contributed by atoms with Crippen molar-refractivity contribution in [1.82, 2.24) is 4.98 Å². The Morgan fingerprint density at radius 3 is 3.05 bits per heavy atom. The molecule has 0 saturated heterocycles. The maximum absolute atomic E-state index is 7.22. The van der Waals surface area contributed by atoms with E-state index < -0.39 is 0 Å². The van der Waals surface area contributed by atoms with Crippen LogP contribution in [0.1, 0.15) is 30.9 Å². The fraction of sp³-hybridized carbons (Fsp3) is 0.312. The highest BCUT2D eigenvalue weighted by atomic mass is 35.5. The average Bonchev–Trinajstić information content (AvgIpc) is 2.64. The van der Waals surface area contributed by atoms with Crippen LogP contribution in [0.5, 0.6) is 0 Å². The second-order valence-electron chi connectivity index (χ2n) is 4.88. The second-order valence-corrected chi connectivity index (χ2v) is 5.24. The van der Waals surface area contributed by atoms with Crippen LogP contribution in [0.2, 0.25) is 5.15 Å². The van der Waals surface area contributed by atoms with Crippen LogP contribution in [0.25, 0.3) is 5.57 Å². The van der Waals surface area contributed by atoms with Crippen molar-refractivity contribution in [3.8, 4) is 0 Å². The first-order valence-corrected chi connectivity index (χ1v) is 7.11. The van der Waals surface area contributed by atoms with Gasteiger partial charge in [-0.05, 0) is 43.0 Å². The number of hydrogen-bond acceptors (Lipinski definition) is 2. The molecule has 20 heavy (non-hydrogen) atoms. The van der Waals surface area contributed by atoms with E-state index in [2.05, 4.69) is 29.1 Å². The Kier molecular flexibility index (Phi) is 4.85. The SMILES string of the molecule is CCC1CC=CC(c2cc(C)cnc2Cl)=CC1=NC=N. The Morgan fingerprint density at radius 1 is 1.55 bits per heavy atom. The van der Waals surface area contributed by atoms with E-state index in [0.29, 0.717) is 11.1 Å². The first kappa shape index (κ1) is 14.7. The molecule has 0 bridgehead atoms. The van der Waals surface area contributed by atoms with Crippen LogP contribution in [0.3, 0.4) is 0 Å². The van der Waals surface area contributed by atoms with Gasteiger partial charge >= 0.3 is 0 Å². The fourth-order valence-corrected chi connectivity index (χ4v) is 2.53. The van der Waals surface area contributed by atoms with E-state index in [1.165, 1.54) is 0 Å². The minimum Gasteiger partial charge on any atom is -0.290 e. The molecule has 0 fully saturated rings. The van der Waals surface area contributed by atoms with E-state index in [1.54, 1.807) is 6.20 Å². The molecule has 1 heterocycles. The van der Waals surface area contributed by atoms with Gasteiger partial charge in [-0.1, -0.05) is 30.7 Å². The molecule has 1 aliphatic carbocycles. The Balaban J connectivity index is 2.51. The summed E-state index contributed by atoms with van der Waals surface area (Å²) in [6.07, 6.45) is 11.0. The summed E-state index contributed by atoms with van der Waals surface area (Å²) >= 11 is 6.21. The molecule has 1 atom stereocenters. The molecule has 0 aliphatic heterocycles. The third-order valence-corrected chi connectivity index (χ3v) is 3.73. The lowest BCUT2D eigenvalue weighted by molar-refractivity contribution is 0.682. The van der Waals surface area contributed by atoms with Gasteiger partial charge in [-0.15, -0.1) is 0 Å². The summed E-state index contributed by atoms with van der Waals surface area (Å²) < 4.78 is 0. The maximum atomic E-state index is 7.22. The number of nitrogens with one attached hydrogen (secondary N) is 1. The topological polar surface area (TPSA) is 49.1 Å². The van der Waals surface area contributed by atoms with Gasteiger partial charge in [0.05, 0.1) is 0 Å². The maximum Gasteiger partial charge on any atom is 0.136 e.